The molecule has 0 radical (unpaired) electrons. The number of allylic oxidation sites excluding steroid dienone is 1. The fourth-order valence-corrected chi connectivity index (χ4v) is 4.95. The molecule has 0 aromatic carbocycles. The summed E-state index contributed by atoms with van der Waals surface area (Å²) in [5, 5.41) is 0. The van der Waals surface area contributed by atoms with Crippen LogP contribution in [0.15, 0.2) is 11.6 Å². The first-order valence-electron chi connectivity index (χ1n) is 9.14. The minimum absolute atomic E-state index is 0.436. The molecule has 2 fully saturated rings. The van der Waals surface area contributed by atoms with Crippen LogP contribution in [0.1, 0.15) is 52.4 Å². The van der Waals surface area contributed by atoms with Crippen LogP contribution < -0.4 is 4.72 Å². The van der Waals surface area contributed by atoms with Crippen LogP contribution in [0.3, 0.4) is 0 Å². The molecule has 0 saturated carbocycles. The van der Waals surface area contributed by atoms with Crippen LogP contribution in [0.2, 0.25) is 0 Å². The predicted molar refractivity (Wildman–Crippen MR) is 95.6 cm³/mol. The molecule has 0 spiro atoms. The summed E-state index contributed by atoms with van der Waals surface area (Å²) in [5.41, 5.74) is 1.42. The highest BCUT2D eigenvalue weighted by Gasteiger charge is 2.27. The summed E-state index contributed by atoms with van der Waals surface area (Å²) >= 11 is 0. The van der Waals surface area contributed by atoms with Crippen molar-refractivity contribution in [3.63, 3.8) is 0 Å². The third-order valence-corrected chi connectivity index (χ3v) is 6.43. The van der Waals surface area contributed by atoms with Gasteiger partial charge in [-0.15, -0.1) is 0 Å². The molecular weight excluding hydrogens is 310 g/mol. The lowest BCUT2D eigenvalue weighted by atomic mass is 10.1. The molecule has 2 saturated heterocycles. The molecule has 23 heavy (non-hydrogen) atoms. The van der Waals surface area contributed by atoms with Crippen molar-refractivity contribution >= 4 is 10.2 Å². The summed E-state index contributed by atoms with van der Waals surface area (Å²) in [6.07, 6.45) is 8.71. The fraction of sp³-hybridized carbons (Fsp3) is 0.882. The van der Waals surface area contributed by atoms with E-state index >= 15 is 0 Å². The van der Waals surface area contributed by atoms with Crippen molar-refractivity contribution in [2.24, 2.45) is 5.92 Å². The van der Waals surface area contributed by atoms with E-state index < -0.39 is 10.2 Å². The zero-order valence-corrected chi connectivity index (χ0v) is 15.6. The Morgan fingerprint density at radius 2 is 1.87 bits per heavy atom. The number of nitrogens with one attached hydrogen (secondary N) is 1. The smallest absolute Gasteiger partial charge is 0.279 e. The molecule has 0 aromatic heterocycles. The number of nitrogens with zero attached hydrogens (tertiary/aromatic N) is 2. The Balaban J connectivity index is 1.76. The molecule has 0 aliphatic carbocycles. The van der Waals surface area contributed by atoms with E-state index in [9.17, 15) is 8.42 Å². The van der Waals surface area contributed by atoms with Gasteiger partial charge in [-0.1, -0.05) is 31.4 Å². The third kappa shape index (κ3) is 6.18. The zero-order valence-electron chi connectivity index (χ0n) is 14.8. The van der Waals surface area contributed by atoms with Gasteiger partial charge in [0.25, 0.3) is 10.2 Å². The normalized spacial score (nSPS) is 25.7. The molecule has 0 aromatic rings. The summed E-state index contributed by atoms with van der Waals surface area (Å²) in [6.45, 7) is 9.35. The van der Waals surface area contributed by atoms with Gasteiger partial charge in [0.1, 0.15) is 0 Å². The molecule has 6 heteroatoms. The van der Waals surface area contributed by atoms with Crippen molar-refractivity contribution in [3.8, 4) is 0 Å². The van der Waals surface area contributed by atoms with Crippen LogP contribution in [0.4, 0.5) is 0 Å². The van der Waals surface area contributed by atoms with Crippen molar-refractivity contribution in [1.29, 1.82) is 0 Å². The highest BCUT2D eigenvalue weighted by molar-refractivity contribution is 7.87. The first kappa shape index (κ1) is 18.9. The van der Waals surface area contributed by atoms with E-state index in [0.29, 0.717) is 25.6 Å². The van der Waals surface area contributed by atoms with Gasteiger partial charge in [-0.05, 0) is 45.1 Å². The maximum absolute atomic E-state index is 12.4. The topological polar surface area (TPSA) is 52.7 Å². The molecule has 2 heterocycles. The maximum atomic E-state index is 12.4. The molecule has 0 bridgehead atoms. The Hall–Kier alpha value is -0.430. The van der Waals surface area contributed by atoms with Crippen LogP contribution in [0.25, 0.3) is 0 Å². The van der Waals surface area contributed by atoms with E-state index in [1.54, 1.807) is 4.31 Å². The highest BCUT2D eigenvalue weighted by Crippen LogP contribution is 2.18. The molecular formula is C17H33N3O2S. The van der Waals surface area contributed by atoms with Gasteiger partial charge in [-0.2, -0.15) is 12.7 Å². The first-order valence-corrected chi connectivity index (χ1v) is 10.6. The summed E-state index contributed by atoms with van der Waals surface area (Å²) in [5.74, 6) is 0.436. The summed E-state index contributed by atoms with van der Waals surface area (Å²) in [7, 11) is -3.29. The summed E-state index contributed by atoms with van der Waals surface area (Å²) in [6, 6.07) is 0. The SMILES string of the molecule is CCC=C(C)CN1CCC(CNS(=O)(=O)N2CCCCCC2)C1. The first-order chi connectivity index (χ1) is 11.0. The number of likely N-dealkylation sites (tertiary alicyclic amines) is 1. The van der Waals surface area contributed by atoms with Crippen molar-refractivity contribution in [1.82, 2.24) is 13.9 Å². The number of hydrogen-bond acceptors (Lipinski definition) is 3. The predicted octanol–water partition coefficient (Wildman–Crippen LogP) is 2.38. The van der Waals surface area contributed by atoms with Gasteiger partial charge in [-0.3, -0.25) is 4.90 Å². The lowest BCUT2D eigenvalue weighted by Crippen LogP contribution is -2.43. The summed E-state index contributed by atoms with van der Waals surface area (Å²) in [4.78, 5) is 2.44. The van der Waals surface area contributed by atoms with E-state index in [4.69, 9.17) is 0 Å². The van der Waals surface area contributed by atoms with E-state index in [0.717, 1.165) is 58.2 Å². The molecule has 1 atom stereocenters. The lowest BCUT2D eigenvalue weighted by Gasteiger charge is -2.22. The van der Waals surface area contributed by atoms with Crippen molar-refractivity contribution in [3.05, 3.63) is 11.6 Å². The van der Waals surface area contributed by atoms with E-state index in [1.165, 1.54) is 5.57 Å². The van der Waals surface area contributed by atoms with Crippen molar-refractivity contribution in [2.45, 2.75) is 52.4 Å². The number of hydrogen-bond donors (Lipinski definition) is 1. The third-order valence-electron chi connectivity index (χ3n) is 4.85. The van der Waals surface area contributed by atoms with Crippen LogP contribution in [0.5, 0.6) is 0 Å². The van der Waals surface area contributed by atoms with Crippen LogP contribution in [0, 0.1) is 5.92 Å². The standard InChI is InChI=1S/C17H33N3O2S/c1-3-8-16(2)14-19-12-9-17(15-19)13-18-23(21,22)20-10-6-4-5-7-11-20/h8,17-18H,3-7,9-15H2,1-2H3. The maximum Gasteiger partial charge on any atom is 0.279 e. The Morgan fingerprint density at radius 3 is 2.52 bits per heavy atom. The largest absolute Gasteiger partial charge is 0.299 e. The van der Waals surface area contributed by atoms with Gasteiger partial charge in [0.2, 0.25) is 0 Å². The Morgan fingerprint density at radius 1 is 1.17 bits per heavy atom. The fourth-order valence-electron chi connectivity index (χ4n) is 3.59. The van der Waals surface area contributed by atoms with Gasteiger partial charge in [0.05, 0.1) is 0 Å². The second-order valence-electron chi connectivity index (χ2n) is 7.02. The van der Waals surface area contributed by atoms with Gasteiger partial charge >= 0.3 is 0 Å². The Bertz CT molecular complexity index is 482. The quantitative estimate of drug-likeness (QED) is 0.722. The van der Waals surface area contributed by atoms with E-state index in [-0.39, 0.29) is 0 Å². The average Bonchev–Trinajstić information content (AvgIpc) is 2.76. The Kier molecular flexibility index (Phi) is 7.53. The molecule has 2 aliphatic rings. The molecule has 1 unspecified atom stereocenters. The lowest BCUT2D eigenvalue weighted by molar-refractivity contribution is 0.349. The van der Waals surface area contributed by atoms with Crippen LogP contribution in [-0.2, 0) is 10.2 Å². The van der Waals surface area contributed by atoms with Crippen molar-refractivity contribution in [2.75, 3.05) is 39.3 Å². The second kappa shape index (κ2) is 9.16. The molecule has 134 valence electrons. The van der Waals surface area contributed by atoms with Gasteiger partial charge in [-0.25, -0.2) is 4.72 Å². The average molecular weight is 344 g/mol. The Labute approximate surface area is 142 Å². The van der Waals surface area contributed by atoms with Gasteiger partial charge in [0, 0.05) is 32.7 Å². The molecule has 0 amide bonds. The number of rotatable bonds is 7. The van der Waals surface area contributed by atoms with Gasteiger partial charge < -0.3 is 0 Å². The highest BCUT2D eigenvalue weighted by atomic mass is 32.2. The molecule has 1 N–H and O–H groups in total. The van der Waals surface area contributed by atoms with E-state index in [1.807, 2.05) is 0 Å². The molecule has 2 aliphatic heterocycles. The van der Waals surface area contributed by atoms with Crippen LogP contribution in [-0.4, -0.2) is 56.9 Å². The van der Waals surface area contributed by atoms with Crippen molar-refractivity contribution < 1.29 is 8.42 Å². The summed E-state index contributed by atoms with van der Waals surface area (Å²) < 4.78 is 29.4. The monoisotopic (exact) mass is 343 g/mol. The minimum atomic E-state index is -3.29. The second-order valence-corrected chi connectivity index (χ2v) is 8.77. The molecule has 2 rings (SSSR count). The van der Waals surface area contributed by atoms with Crippen LogP contribution >= 0.6 is 0 Å². The van der Waals surface area contributed by atoms with Gasteiger partial charge in [0.15, 0.2) is 0 Å². The van der Waals surface area contributed by atoms with E-state index in [2.05, 4.69) is 29.5 Å². The minimum Gasteiger partial charge on any atom is -0.299 e. The molecule has 5 nitrogen and oxygen atoms in total. The zero-order chi connectivity index (χ0) is 16.7.